The Morgan fingerprint density at radius 3 is 1.97 bits per heavy atom. The van der Waals surface area contributed by atoms with E-state index in [1.54, 1.807) is 0 Å². The van der Waals surface area contributed by atoms with Crippen LogP contribution in [0.15, 0.2) is 133 Å². The third kappa shape index (κ3) is 4.94. The van der Waals surface area contributed by atoms with Crippen molar-refractivity contribution >= 4 is 126 Å². The number of para-hydroxylation sites is 1. The minimum Gasteiger partial charge on any atom is -0.334 e. The number of nitrogens with zero attached hydrogens (tertiary/aromatic N) is 3. The summed E-state index contributed by atoms with van der Waals surface area (Å²) < 4.78 is 8.11. The normalized spacial score (nSPS) is 19.9. The van der Waals surface area contributed by atoms with Crippen LogP contribution < -0.4 is 26.2 Å². The fourth-order valence-electron chi connectivity index (χ4n) is 13.2. The van der Waals surface area contributed by atoms with Crippen LogP contribution >= 0.6 is 22.7 Å². The Hall–Kier alpha value is -5.82. The van der Waals surface area contributed by atoms with Crippen LogP contribution in [0.2, 0.25) is 0 Å². The smallest absolute Gasteiger partial charge is 0.252 e. The van der Waals surface area contributed by atoms with Crippen molar-refractivity contribution < 1.29 is 0 Å². The van der Waals surface area contributed by atoms with E-state index in [1.807, 2.05) is 22.7 Å². The van der Waals surface area contributed by atoms with E-state index in [0.717, 1.165) is 6.42 Å². The van der Waals surface area contributed by atoms with E-state index in [-0.39, 0.29) is 28.5 Å². The van der Waals surface area contributed by atoms with Gasteiger partial charge >= 0.3 is 0 Å². The van der Waals surface area contributed by atoms with Crippen molar-refractivity contribution in [1.82, 2.24) is 4.57 Å². The zero-order valence-corrected chi connectivity index (χ0v) is 40.9. The van der Waals surface area contributed by atoms with Gasteiger partial charge in [-0.2, -0.15) is 0 Å². The highest BCUT2D eigenvalue weighted by molar-refractivity contribution is 7.27. The molecule has 324 valence electrons. The number of thiophene rings is 2. The molecule has 0 bridgehead atoms. The summed E-state index contributed by atoms with van der Waals surface area (Å²) in [7, 11) is 0. The summed E-state index contributed by atoms with van der Waals surface area (Å²) in [5.74, 6) is 0. The van der Waals surface area contributed by atoms with Gasteiger partial charge in [-0.1, -0.05) is 152 Å². The minimum absolute atomic E-state index is 0.00176. The SMILES string of the molecule is CC(C)(C)c1ccc2c(c1)N(c1cccc3c1sc1ccccc13)c1cc(N3c4ccc(C(C)(C)C)cc4C4(C)CCCCC34C)cc3c1B2c1cccc2c4sc5ccccc5c4n-3c12. The second-order valence-corrected chi connectivity index (χ2v) is 24.5. The van der Waals surface area contributed by atoms with E-state index >= 15 is 0 Å². The summed E-state index contributed by atoms with van der Waals surface area (Å²) in [5, 5.41) is 5.35. The molecule has 66 heavy (non-hydrogen) atoms. The van der Waals surface area contributed by atoms with Crippen LogP contribution in [0, 0.1) is 0 Å². The van der Waals surface area contributed by atoms with Crippen LogP contribution in [0.4, 0.5) is 28.4 Å². The molecule has 0 radical (unpaired) electrons. The molecule has 0 saturated heterocycles. The summed E-state index contributed by atoms with van der Waals surface area (Å²) in [4.78, 5) is 5.55. The number of hydrogen-bond acceptors (Lipinski definition) is 4. The van der Waals surface area contributed by atoms with Crippen molar-refractivity contribution in [2.75, 3.05) is 9.80 Å². The molecule has 6 heterocycles. The summed E-state index contributed by atoms with van der Waals surface area (Å²) in [6.07, 6.45) is 4.84. The molecule has 7 aromatic carbocycles. The van der Waals surface area contributed by atoms with Gasteiger partial charge in [-0.05, 0) is 106 Å². The first kappa shape index (κ1) is 39.4. The molecule has 14 rings (SSSR count). The van der Waals surface area contributed by atoms with Gasteiger partial charge in [-0.3, -0.25) is 0 Å². The quantitative estimate of drug-likeness (QED) is 0.160. The Bertz CT molecular complexity index is 3760. The Morgan fingerprint density at radius 1 is 0.515 bits per heavy atom. The zero-order valence-electron chi connectivity index (χ0n) is 39.3. The lowest BCUT2D eigenvalue weighted by Gasteiger charge is -2.51. The van der Waals surface area contributed by atoms with Crippen LogP contribution in [0.25, 0.3) is 57.1 Å². The lowest BCUT2D eigenvalue weighted by atomic mass is 9.33. The van der Waals surface area contributed by atoms with Gasteiger partial charge in [0.15, 0.2) is 0 Å². The van der Waals surface area contributed by atoms with Gasteiger partial charge < -0.3 is 14.4 Å². The van der Waals surface area contributed by atoms with Gasteiger partial charge in [0.1, 0.15) is 0 Å². The second-order valence-electron chi connectivity index (χ2n) is 22.4. The van der Waals surface area contributed by atoms with E-state index < -0.39 is 0 Å². The molecular formula is C60H54BN3S2. The Kier molecular flexibility index (Phi) is 7.75. The predicted octanol–water partition coefficient (Wildman–Crippen LogP) is 15.3. The van der Waals surface area contributed by atoms with Gasteiger partial charge in [-0.15, -0.1) is 22.7 Å². The molecule has 0 N–H and O–H groups in total. The first-order chi connectivity index (χ1) is 31.7. The average Bonchev–Trinajstić information content (AvgIpc) is 4.02. The lowest BCUT2D eigenvalue weighted by molar-refractivity contribution is 0.195. The molecule has 0 spiro atoms. The highest BCUT2D eigenvalue weighted by Crippen LogP contribution is 2.62. The van der Waals surface area contributed by atoms with Crippen LogP contribution in [0.1, 0.15) is 97.8 Å². The molecule has 3 nitrogen and oxygen atoms in total. The number of fused-ring (bicyclic) bond motifs is 15. The van der Waals surface area contributed by atoms with Gasteiger partial charge in [0.05, 0.1) is 31.7 Å². The Morgan fingerprint density at radius 2 is 1.17 bits per heavy atom. The van der Waals surface area contributed by atoms with Crippen molar-refractivity contribution in [2.45, 2.75) is 103 Å². The number of anilines is 5. The molecule has 2 unspecified atom stereocenters. The maximum Gasteiger partial charge on any atom is 0.252 e. The largest absolute Gasteiger partial charge is 0.334 e. The van der Waals surface area contributed by atoms with Crippen molar-refractivity contribution in [3.05, 3.63) is 150 Å². The van der Waals surface area contributed by atoms with Gasteiger partial charge in [-0.25, -0.2) is 0 Å². The number of rotatable bonds is 2. The van der Waals surface area contributed by atoms with Crippen molar-refractivity contribution in [3.8, 4) is 5.69 Å². The zero-order chi connectivity index (χ0) is 44.8. The van der Waals surface area contributed by atoms with Crippen molar-refractivity contribution in [3.63, 3.8) is 0 Å². The maximum absolute atomic E-state index is 2.84. The van der Waals surface area contributed by atoms with E-state index in [9.17, 15) is 0 Å². The number of benzene rings is 7. The van der Waals surface area contributed by atoms with Crippen molar-refractivity contribution in [1.29, 1.82) is 0 Å². The predicted molar refractivity (Wildman–Crippen MR) is 289 cm³/mol. The lowest BCUT2D eigenvalue weighted by Crippen LogP contribution is -2.60. The molecule has 1 fully saturated rings. The highest BCUT2D eigenvalue weighted by Gasteiger charge is 2.58. The maximum atomic E-state index is 2.84. The Labute approximate surface area is 396 Å². The summed E-state index contributed by atoms with van der Waals surface area (Å²) >= 11 is 3.89. The second kappa shape index (κ2) is 13.0. The van der Waals surface area contributed by atoms with Gasteiger partial charge in [0.2, 0.25) is 0 Å². The highest BCUT2D eigenvalue weighted by atomic mass is 32.1. The van der Waals surface area contributed by atoms with E-state index in [1.165, 1.54) is 138 Å². The van der Waals surface area contributed by atoms with E-state index in [2.05, 4.69) is 203 Å². The van der Waals surface area contributed by atoms with E-state index in [4.69, 9.17) is 0 Å². The van der Waals surface area contributed by atoms with Gasteiger partial charge in [0, 0.05) is 64.8 Å². The van der Waals surface area contributed by atoms with Crippen LogP contribution in [0.5, 0.6) is 0 Å². The standard InChI is InChI=1S/C60H54BN3S2/c1-57(2,3)35-26-28-45-42(31-35)59(7)29-13-14-30-60(59,8)64(45)37-33-48-52-49(34-37)63-53-41(56-54(63)40-18-10-12-24-51(40)66-56)20-15-21-44(53)61(52)43-27-25-36(58(4,5)6)32-47(43)62(48)46-22-16-19-39-38-17-9-11-23-50(38)65-55(39)46/h9-12,15-28,31-34H,13-14,29-30H2,1-8H3. The van der Waals surface area contributed by atoms with E-state index in [0.29, 0.717) is 0 Å². The van der Waals surface area contributed by atoms with Crippen LogP contribution in [-0.4, -0.2) is 16.8 Å². The molecule has 4 aliphatic rings. The molecule has 1 saturated carbocycles. The van der Waals surface area contributed by atoms with Crippen LogP contribution in [-0.2, 0) is 16.2 Å². The molecule has 2 atom stereocenters. The molecule has 0 amide bonds. The van der Waals surface area contributed by atoms with Crippen LogP contribution in [0.3, 0.4) is 0 Å². The molecule has 6 heteroatoms. The number of hydrogen-bond donors (Lipinski definition) is 0. The van der Waals surface area contributed by atoms with Crippen molar-refractivity contribution in [2.24, 2.45) is 0 Å². The average molecular weight is 892 g/mol. The molecular weight excluding hydrogens is 838 g/mol. The summed E-state index contributed by atoms with van der Waals surface area (Å²) in [5.41, 5.74) is 18.9. The molecule has 10 aromatic rings. The molecule has 3 aromatic heterocycles. The topological polar surface area (TPSA) is 11.4 Å². The summed E-state index contributed by atoms with van der Waals surface area (Å²) in [6.45, 7) is 19.5. The fourth-order valence-corrected chi connectivity index (χ4v) is 15.7. The molecule has 1 aliphatic carbocycles. The first-order valence-electron chi connectivity index (χ1n) is 24.2. The minimum atomic E-state index is -0.115. The summed E-state index contributed by atoms with van der Waals surface area (Å²) in [6, 6.07) is 52.5. The third-order valence-electron chi connectivity index (χ3n) is 16.8. The van der Waals surface area contributed by atoms with Gasteiger partial charge in [0.25, 0.3) is 6.71 Å². The monoisotopic (exact) mass is 891 g/mol. The Balaban J connectivity index is 1.16. The molecule has 3 aliphatic heterocycles. The number of aromatic nitrogens is 1. The fraction of sp³-hybridized carbons (Fsp3) is 0.267. The first-order valence-corrected chi connectivity index (χ1v) is 25.8. The third-order valence-corrected chi connectivity index (χ3v) is 19.2.